The van der Waals surface area contributed by atoms with Crippen LogP contribution in [-0.2, 0) is 9.53 Å². The predicted molar refractivity (Wildman–Crippen MR) is 177 cm³/mol. The molecule has 43 heavy (non-hydrogen) atoms. The molecule has 0 aromatic heterocycles. The van der Waals surface area contributed by atoms with E-state index in [9.17, 15) is 9.18 Å². The number of carbonyl (C=O) groups excluding carboxylic acids is 1. The second kappa shape index (κ2) is 13.5. The lowest BCUT2D eigenvalue weighted by Crippen LogP contribution is -2.25. The van der Waals surface area contributed by atoms with Crippen molar-refractivity contribution < 1.29 is 23.2 Å². The van der Waals surface area contributed by atoms with Gasteiger partial charge < -0.3 is 9.47 Å². The third-order valence-corrected chi connectivity index (χ3v) is 8.48. The summed E-state index contributed by atoms with van der Waals surface area (Å²) in [4.78, 5) is 13.6. The standard InChI is InChI=1S/C37H44ClFNO3/c1-9-28(36(41)43-37(5,6)7)31(13-11-21-42-33-14-10-12-26-22-27(39)15-16-30(26)33)29-17-18-32(38)35(24(29)3)34-23(2)19-20-40(8)25(34)4/h10,12,14-18,22H,9,11,13,19-21H2,1-8H3/q+1/b31-28+. The van der Waals surface area contributed by atoms with Crippen LogP contribution in [0.15, 0.2) is 59.7 Å². The highest BCUT2D eigenvalue weighted by atomic mass is 35.5. The van der Waals surface area contributed by atoms with E-state index in [-0.39, 0.29) is 11.8 Å². The molecule has 0 saturated carbocycles. The Bertz CT molecular complexity index is 1640. The molecule has 0 amide bonds. The Balaban J connectivity index is 1.73. The Morgan fingerprint density at radius 1 is 1.07 bits per heavy atom. The molecule has 0 N–H and O–H groups in total. The molecule has 0 unspecified atom stereocenters. The van der Waals surface area contributed by atoms with Crippen molar-refractivity contribution >= 4 is 45.2 Å². The molecule has 1 aliphatic heterocycles. The van der Waals surface area contributed by atoms with Gasteiger partial charge in [0.1, 0.15) is 30.8 Å². The lowest BCUT2D eigenvalue weighted by molar-refractivity contribution is -0.497. The van der Waals surface area contributed by atoms with Crippen LogP contribution in [0.4, 0.5) is 4.39 Å². The molecule has 0 radical (unpaired) electrons. The summed E-state index contributed by atoms with van der Waals surface area (Å²) in [6.07, 6.45) is 2.80. The minimum Gasteiger partial charge on any atom is -0.493 e. The number of hydrogen-bond donors (Lipinski definition) is 0. The molecule has 3 aromatic rings. The average Bonchev–Trinajstić information content (AvgIpc) is 2.93. The second-order valence-electron chi connectivity index (χ2n) is 12.4. The van der Waals surface area contributed by atoms with Crippen molar-refractivity contribution in [3.05, 3.63) is 87.2 Å². The third-order valence-electron chi connectivity index (χ3n) is 8.17. The highest BCUT2D eigenvalue weighted by Gasteiger charge is 2.28. The highest BCUT2D eigenvalue weighted by molar-refractivity contribution is 6.35. The molecule has 228 valence electrons. The van der Waals surface area contributed by atoms with Gasteiger partial charge in [0.25, 0.3) is 0 Å². The first kappa shape index (κ1) is 32.5. The summed E-state index contributed by atoms with van der Waals surface area (Å²) < 4.78 is 28.1. The van der Waals surface area contributed by atoms with E-state index in [1.807, 2.05) is 58.0 Å². The van der Waals surface area contributed by atoms with Crippen molar-refractivity contribution in [2.24, 2.45) is 0 Å². The van der Waals surface area contributed by atoms with Gasteiger partial charge in [-0.25, -0.2) is 13.8 Å². The van der Waals surface area contributed by atoms with Crippen LogP contribution < -0.4 is 4.74 Å². The Hall–Kier alpha value is -3.44. The second-order valence-corrected chi connectivity index (χ2v) is 12.8. The summed E-state index contributed by atoms with van der Waals surface area (Å²) in [5.74, 6) is 0.143. The number of fused-ring (bicyclic) bond motifs is 1. The van der Waals surface area contributed by atoms with E-state index >= 15 is 0 Å². The van der Waals surface area contributed by atoms with E-state index in [1.165, 1.54) is 29.0 Å². The van der Waals surface area contributed by atoms with Crippen molar-refractivity contribution in [1.29, 1.82) is 0 Å². The highest BCUT2D eigenvalue weighted by Crippen LogP contribution is 2.39. The van der Waals surface area contributed by atoms with Gasteiger partial charge in [-0.2, -0.15) is 0 Å². The van der Waals surface area contributed by atoms with Gasteiger partial charge in [-0.1, -0.05) is 42.3 Å². The van der Waals surface area contributed by atoms with Crippen LogP contribution in [-0.4, -0.2) is 42.1 Å². The van der Waals surface area contributed by atoms with Crippen LogP contribution in [0.3, 0.4) is 0 Å². The van der Waals surface area contributed by atoms with Gasteiger partial charge >= 0.3 is 5.97 Å². The van der Waals surface area contributed by atoms with Gasteiger partial charge in [-0.05, 0) is 106 Å². The first-order valence-corrected chi connectivity index (χ1v) is 15.5. The summed E-state index contributed by atoms with van der Waals surface area (Å²) in [6, 6.07) is 14.4. The number of benzene rings is 3. The lowest BCUT2D eigenvalue weighted by Gasteiger charge is -2.24. The number of carbonyl (C=O) groups is 1. The van der Waals surface area contributed by atoms with Crippen molar-refractivity contribution in [1.82, 2.24) is 0 Å². The summed E-state index contributed by atoms with van der Waals surface area (Å²) in [7, 11) is 2.12. The van der Waals surface area contributed by atoms with Crippen LogP contribution >= 0.6 is 11.6 Å². The van der Waals surface area contributed by atoms with Crippen molar-refractivity contribution in [3.63, 3.8) is 0 Å². The zero-order valence-electron chi connectivity index (χ0n) is 26.8. The zero-order chi connectivity index (χ0) is 31.5. The molecule has 0 fully saturated rings. The molecular formula is C37H44ClFNO3+. The molecule has 1 heterocycles. The molecule has 4 nitrogen and oxygen atoms in total. The van der Waals surface area contributed by atoms with Crippen LogP contribution in [0, 0.1) is 12.7 Å². The van der Waals surface area contributed by atoms with E-state index in [1.54, 1.807) is 6.07 Å². The molecular weight excluding hydrogens is 561 g/mol. The van der Waals surface area contributed by atoms with Gasteiger partial charge in [0, 0.05) is 40.5 Å². The Morgan fingerprint density at radius 2 is 1.81 bits per heavy atom. The molecule has 4 rings (SSSR count). The first-order valence-electron chi connectivity index (χ1n) is 15.1. The van der Waals surface area contributed by atoms with E-state index in [2.05, 4.69) is 32.4 Å². The predicted octanol–water partition coefficient (Wildman–Crippen LogP) is 9.59. The minimum absolute atomic E-state index is 0.273. The number of allylic oxidation sites excluding steroid dienone is 2. The maximum absolute atomic E-state index is 13.8. The smallest absolute Gasteiger partial charge is 0.334 e. The SMILES string of the molecule is CC/C(C(=O)OC(C)(C)C)=C(/CCCOc1cccc2cc(F)ccc12)c1ccc(Cl)c(C2=C(C)CC[N+](C)=C2C)c1C. The largest absolute Gasteiger partial charge is 0.493 e. The van der Waals surface area contributed by atoms with E-state index in [0.717, 1.165) is 46.0 Å². The summed E-state index contributed by atoms with van der Waals surface area (Å²) in [6.45, 7) is 15.5. The molecule has 6 heteroatoms. The molecule has 0 aliphatic carbocycles. The van der Waals surface area contributed by atoms with Crippen LogP contribution in [0.5, 0.6) is 5.75 Å². The molecule has 1 aliphatic rings. The number of halogens is 2. The van der Waals surface area contributed by atoms with Crippen LogP contribution in [0.2, 0.25) is 5.02 Å². The van der Waals surface area contributed by atoms with Crippen LogP contribution in [0.25, 0.3) is 21.9 Å². The first-order chi connectivity index (χ1) is 20.3. The van der Waals surface area contributed by atoms with Gasteiger partial charge in [0.15, 0.2) is 5.71 Å². The monoisotopic (exact) mass is 604 g/mol. The zero-order valence-corrected chi connectivity index (χ0v) is 27.5. The summed E-state index contributed by atoms with van der Waals surface area (Å²) >= 11 is 6.92. The van der Waals surface area contributed by atoms with Gasteiger partial charge in [0.05, 0.1) is 6.61 Å². The Labute approximate surface area is 260 Å². The van der Waals surface area contributed by atoms with Gasteiger partial charge in [-0.3, -0.25) is 0 Å². The molecule has 0 spiro atoms. The Morgan fingerprint density at radius 3 is 2.51 bits per heavy atom. The number of ether oxygens (including phenoxy) is 2. The fourth-order valence-electron chi connectivity index (χ4n) is 5.89. The Kier molecular flexibility index (Phi) is 10.2. The third kappa shape index (κ3) is 7.38. The summed E-state index contributed by atoms with van der Waals surface area (Å²) in [5, 5.41) is 2.37. The fraction of sp³-hybridized carbons (Fsp3) is 0.405. The number of hydrogen-bond acceptors (Lipinski definition) is 3. The van der Waals surface area contributed by atoms with Gasteiger partial charge in [-0.15, -0.1) is 0 Å². The van der Waals surface area contributed by atoms with Crippen molar-refractivity contribution in [2.45, 2.75) is 79.8 Å². The van der Waals surface area contributed by atoms with Gasteiger partial charge in [0.2, 0.25) is 0 Å². The van der Waals surface area contributed by atoms with Crippen molar-refractivity contribution in [3.8, 4) is 5.75 Å². The normalized spacial score (nSPS) is 14.7. The van der Waals surface area contributed by atoms with Crippen molar-refractivity contribution in [2.75, 3.05) is 20.2 Å². The molecule has 3 aromatic carbocycles. The molecule has 0 saturated heterocycles. The minimum atomic E-state index is -0.611. The lowest BCUT2D eigenvalue weighted by atomic mass is 9.84. The number of rotatable bonds is 9. The quantitative estimate of drug-likeness (QED) is 0.106. The fourth-order valence-corrected chi connectivity index (χ4v) is 6.18. The number of nitrogens with zero attached hydrogens (tertiary/aromatic N) is 1. The van der Waals surface area contributed by atoms with E-state index in [0.29, 0.717) is 42.2 Å². The van der Waals surface area contributed by atoms with E-state index < -0.39 is 5.60 Å². The maximum atomic E-state index is 13.8. The topological polar surface area (TPSA) is 38.5 Å². The summed E-state index contributed by atoms with van der Waals surface area (Å²) in [5.41, 5.74) is 7.79. The van der Waals surface area contributed by atoms with Crippen LogP contribution in [0.1, 0.15) is 83.9 Å². The molecule has 0 atom stereocenters. The molecule has 0 bridgehead atoms. The average molecular weight is 605 g/mol. The number of esters is 1. The maximum Gasteiger partial charge on any atom is 0.334 e. The van der Waals surface area contributed by atoms with E-state index in [4.69, 9.17) is 21.1 Å².